The minimum absolute atomic E-state index is 0.0249. The minimum Gasteiger partial charge on any atom is -0.507 e. The van der Waals surface area contributed by atoms with Gasteiger partial charge in [-0.1, -0.05) is 12.1 Å². The number of hydrogen-bond donors (Lipinski definition) is 1. The fraction of sp³-hybridized carbons (Fsp3) is 0.375. The van der Waals surface area contributed by atoms with Crippen LogP contribution in [0.4, 0.5) is 15.0 Å². The lowest BCUT2D eigenvalue weighted by molar-refractivity contribution is 0.0534. The number of fused-ring (bicyclic) bond motifs is 1. The number of halogens is 1. The van der Waals surface area contributed by atoms with Crippen molar-refractivity contribution in [3.05, 3.63) is 47.8 Å². The van der Waals surface area contributed by atoms with Crippen molar-refractivity contribution < 1.29 is 23.8 Å². The van der Waals surface area contributed by atoms with Crippen LogP contribution in [0.5, 0.6) is 5.75 Å². The first-order valence-electron chi connectivity index (χ1n) is 11.0. The number of carbonyl (C=O) groups is 1. The smallest absolute Gasteiger partial charge is 0.410 e. The predicted molar refractivity (Wildman–Crippen MR) is 121 cm³/mol. The standard InChI is InChI=1S/C24H25FN4O4/c1-15-5-6-17-19(13-15)26-22(21-18(25)3-2-4-20(21)30)27-23(17)28-8-10-29(11-9-28)24(31)33-16-7-12-32-14-16/h2-6,13,16,30H,7-12,14H2,1H3. The third kappa shape index (κ3) is 4.28. The van der Waals surface area contributed by atoms with Gasteiger partial charge in [0.15, 0.2) is 5.82 Å². The zero-order valence-electron chi connectivity index (χ0n) is 18.3. The number of rotatable bonds is 3. The van der Waals surface area contributed by atoms with E-state index in [1.165, 1.54) is 18.2 Å². The Bertz CT molecular complexity index is 1170. The Morgan fingerprint density at radius 3 is 2.73 bits per heavy atom. The van der Waals surface area contributed by atoms with Gasteiger partial charge in [-0.3, -0.25) is 0 Å². The third-order valence-corrected chi connectivity index (χ3v) is 6.04. The van der Waals surface area contributed by atoms with E-state index in [-0.39, 0.29) is 29.3 Å². The molecular formula is C24H25FN4O4. The summed E-state index contributed by atoms with van der Waals surface area (Å²) in [6, 6.07) is 9.98. The van der Waals surface area contributed by atoms with E-state index in [2.05, 4.69) is 14.9 Å². The van der Waals surface area contributed by atoms with Crippen LogP contribution in [0.2, 0.25) is 0 Å². The van der Waals surface area contributed by atoms with E-state index >= 15 is 0 Å². The van der Waals surface area contributed by atoms with Crippen molar-refractivity contribution in [3.63, 3.8) is 0 Å². The Balaban J connectivity index is 1.43. The quantitative estimate of drug-likeness (QED) is 0.651. The van der Waals surface area contributed by atoms with Crippen LogP contribution in [0.15, 0.2) is 36.4 Å². The summed E-state index contributed by atoms with van der Waals surface area (Å²) in [6.07, 6.45) is 0.217. The Kier molecular flexibility index (Phi) is 5.72. The van der Waals surface area contributed by atoms with Crippen LogP contribution in [0.1, 0.15) is 12.0 Å². The van der Waals surface area contributed by atoms with Gasteiger partial charge in [-0.15, -0.1) is 0 Å². The van der Waals surface area contributed by atoms with Gasteiger partial charge in [-0.05, 0) is 36.8 Å². The topological polar surface area (TPSA) is 88.0 Å². The molecule has 1 amide bonds. The van der Waals surface area contributed by atoms with Gasteiger partial charge in [-0.25, -0.2) is 19.2 Å². The van der Waals surface area contributed by atoms with Gasteiger partial charge in [0.05, 0.1) is 24.3 Å². The number of benzene rings is 2. The molecule has 3 aromatic rings. The summed E-state index contributed by atoms with van der Waals surface area (Å²) < 4.78 is 25.4. The molecule has 0 radical (unpaired) electrons. The normalized spacial score (nSPS) is 18.7. The van der Waals surface area contributed by atoms with Crippen LogP contribution in [0.25, 0.3) is 22.3 Å². The van der Waals surface area contributed by atoms with Gasteiger partial charge in [0.25, 0.3) is 0 Å². The number of carbonyl (C=O) groups excluding carboxylic acids is 1. The first kappa shape index (κ1) is 21.4. The maximum atomic E-state index is 14.6. The summed E-state index contributed by atoms with van der Waals surface area (Å²) in [6.45, 7) is 5.06. The number of anilines is 1. The van der Waals surface area contributed by atoms with Crippen LogP contribution in [-0.4, -0.2) is 71.6 Å². The molecule has 1 atom stereocenters. The fourth-order valence-corrected chi connectivity index (χ4v) is 4.23. The highest BCUT2D eigenvalue weighted by atomic mass is 19.1. The van der Waals surface area contributed by atoms with Crippen LogP contribution < -0.4 is 4.90 Å². The number of aryl methyl sites for hydroxylation is 1. The van der Waals surface area contributed by atoms with E-state index in [0.717, 1.165) is 17.4 Å². The van der Waals surface area contributed by atoms with Crippen LogP contribution in [-0.2, 0) is 9.47 Å². The molecule has 33 heavy (non-hydrogen) atoms. The first-order chi connectivity index (χ1) is 16.0. The zero-order valence-corrected chi connectivity index (χ0v) is 18.3. The molecule has 2 aromatic carbocycles. The molecule has 3 heterocycles. The first-order valence-corrected chi connectivity index (χ1v) is 11.0. The summed E-state index contributed by atoms with van der Waals surface area (Å²) in [4.78, 5) is 25.5. The monoisotopic (exact) mass is 452 g/mol. The molecule has 172 valence electrons. The number of ether oxygens (including phenoxy) is 2. The van der Waals surface area contributed by atoms with Crippen molar-refractivity contribution >= 4 is 22.8 Å². The van der Waals surface area contributed by atoms with E-state index in [1.54, 1.807) is 4.90 Å². The summed E-state index contributed by atoms with van der Waals surface area (Å²) >= 11 is 0. The van der Waals surface area contributed by atoms with Crippen LogP contribution >= 0.6 is 0 Å². The summed E-state index contributed by atoms with van der Waals surface area (Å²) in [5, 5.41) is 11.1. The van der Waals surface area contributed by atoms with Gasteiger partial charge >= 0.3 is 6.09 Å². The van der Waals surface area contributed by atoms with Crippen molar-refractivity contribution in [3.8, 4) is 17.1 Å². The molecule has 0 saturated carbocycles. The number of aromatic hydroxyl groups is 1. The number of phenols is 1. The largest absolute Gasteiger partial charge is 0.507 e. The van der Waals surface area contributed by atoms with Gasteiger partial charge in [0.2, 0.25) is 0 Å². The molecule has 0 spiro atoms. The number of aromatic nitrogens is 2. The summed E-state index contributed by atoms with van der Waals surface area (Å²) in [5.74, 6) is -0.0237. The molecule has 1 aromatic heterocycles. The van der Waals surface area contributed by atoms with Gasteiger partial charge in [0, 0.05) is 38.0 Å². The van der Waals surface area contributed by atoms with Crippen LogP contribution in [0, 0.1) is 12.7 Å². The predicted octanol–water partition coefficient (Wildman–Crippen LogP) is 3.50. The van der Waals surface area contributed by atoms with E-state index in [4.69, 9.17) is 9.47 Å². The van der Waals surface area contributed by atoms with E-state index in [0.29, 0.717) is 50.7 Å². The molecule has 1 N–H and O–H groups in total. The lowest BCUT2D eigenvalue weighted by Crippen LogP contribution is -2.49. The number of nitrogens with zero attached hydrogens (tertiary/aromatic N) is 4. The molecule has 5 rings (SSSR count). The fourth-order valence-electron chi connectivity index (χ4n) is 4.23. The Morgan fingerprint density at radius 2 is 2.00 bits per heavy atom. The lowest BCUT2D eigenvalue weighted by atomic mass is 10.1. The average molecular weight is 452 g/mol. The van der Waals surface area contributed by atoms with E-state index in [1.807, 2.05) is 25.1 Å². The molecule has 0 aliphatic carbocycles. The van der Waals surface area contributed by atoms with Gasteiger partial charge < -0.3 is 24.4 Å². The van der Waals surface area contributed by atoms with Crippen molar-refractivity contribution in [1.29, 1.82) is 0 Å². The SMILES string of the molecule is Cc1ccc2c(N3CCN(C(=O)OC4CCOC4)CC3)nc(-c3c(O)cccc3F)nc2c1. The molecule has 9 heteroatoms. The van der Waals surface area contributed by atoms with Crippen LogP contribution in [0.3, 0.4) is 0 Å². The Hall–Kier alpha value is -3.46. The molecule has 8 nitrogen and oxygen atoms in total. The molecule has 2 saturated heterocycles. The zero-order chi connectivity index (χ0) is 22.9. The number of hydrogen-bond acceptors (Lipinski definition) is 7. The van der Waals surface area contributed by atoms with Gasteiger partial charge in [0.1, 0.15) is 23.5 Å². The maximum absolute atomic E-state index is 14.6. The maximum Gasteiger partial charge on any atom is 0.410 e. The van der Waals surface area contributed by atoms with E-state index < -0.39 is 5.82 Å². The van der Waals surface area contributed by atoms with E-state index in [9.17, 15) is 14.3 Å². The van der Waals surface area contributed by atoms with Gasteiger partial charge in [-0.2, -0.15) is 0 Å². The number of amides is 1. The van der Waals surface area contributed by atoms with Crippen molar-refractivity contribution in [2.24, 2.45) is 0 Å². The number of piperazine rings is 1. The third-order valence-electron chi connectivity index (χ3n) is 6.04. The Morgan fingerprint density at radius 1 is 1.18 bits per heavy atom. The van der Waals surface area contributed by atoms with Crippen molar-refractivity contribution in [1.82, 2.24) is 14.9 Å². The second-order valence-corrected chi connectivity index (χ2v) is 8.37. The highest BCUT2D eigenvalue weighted by Crippen LogP contribution is 2.34. The summed E-state index contributed by atoms with van der Waals surface area (Å²) in [7, 11) is 0. The van der Waals surface area contributed by atoms with Crippen molar-refractivity contribution in [2.45, 2.75) is 19.4 Å². The second-order valence-electron chi connectivity index (χ2n) is 8.37. The molecule has 2 fully saturated rings. The minimum atomic E-state index is -0.587. The molecule has 1 unspecified atom stereocenters. The lowest BCUT2D eigenvalue weighted by Gasteiger charge is -2.35. The summed E-state index contributed by atoms with van der Waals surface area (Å²) in [5.41, 5.74) is 1.66. The highest BCUT2D eigenvalue weighted by molar-refractivity contribution is 5.92. The van der Waals surface area contributed by atoms with Crippen molar-refractivity contribution in [2.75, 3.05) is 44.3 Å². The molecule has 2 aliphatic heterocycles. The average Bonchev–Trinajstić information content (AvgIpc) is 3.31. The highest BCUT2D eigenvalue weighted by Gasteiger charge is 2.28. The number of phenolic OH excluding ortho intramolecular Hbond substituents is 1. The second kappa shape index (κ2) is 8.82. The molecule has 2 aliphatic rings. The molecule has 0 bridgehead atoms. The Labute approximate surface area is 190 Å². The molecular weight excluding hydrogens is 427 g/mol.